The van der Waals surface area contributed by atoms with E-state index in [1.807, 2.05) is 14.1 Å². The topological polar surface area (TPSA) is 40.5 Å². The molecule has 1 aliphatic rings. The Bertz CT molecular complexity index is 188. The van der Waals surface area contributed by atoms with Crippen molar-refractivity contribution in [2.24, 2.45) is 5.92 Å². The summed E-state index contributed by atoms with van der Waals surface area (Å²) < 4.78 is 0. The van der Waals surface area contributed by atoms with E-state index < -0.39 is 5.97 Å². The van der Waals surface area contributed by atoms with E-state index in [2.05, 4.69) is 0 Å². The van der Waals surface area contributed by atoms with Gasteiger partial charge in [-0.15, -0.1) is 0 Å². The molecule has 0 bridgehead atoms. The lowest BCUT2D eigenvalue weighted by Crippen LogP contribution is -2.35. The quantitative estimate of drug-likeness (QED) is 0.711. The lowest BCUT2D eigenvalue weighted by Gasteiger charge is -2.26. The van der Waals surface area contributed by atoms with Gasteiger partial charge in [-0.2, -0.15) is 0 Å². The lowest BCUT2D eigenvalue weighted by molar-refractivity contribution is -0.142. The van der Waals surface area contributed by atoms with E-state index in [9.17, 15) is 4.79 Å². The third-order valence-corrected chi connectivity index (χ3v) is 3.22. The van der Waals surface area contributed by atoms with Crippen LogP contribution in [0.25, 0.3) is 0 Å². The van der Waals surface area contributed by atoms with E-state index >= 15 is 0 Å². The second kappa shape index (κ2) is 5.35. The Hall–Kier alpha value is -0.570. The SMILES string of the molecule is CN(C)[C@H](CCCC1CCC1)C(=O)O. The molecule has 1 fully saturated rings. The zero-order valence-corrected chi connectivity index (χ0v) is 9.20. The van der Waals surface area contributed by atoms with Crippen LogP contribution in [0.3, 0.4) is 0 Å². The van der Waals surface area contributed by atoms with Gasteiger partial charge in [-0.3, -0.25) is 9.69 Å². The molecular formula is C11H21NO2. The molecule has 0 radical (unpaired) electrons. The van der Waals surface area contributed by atoms with Gasteiger partial charge in [0.1, 0.15) is 6.04 Å². The molecule has 1 saturated carbocycles. The Kier molecular flexibility index (Phi) is 4.39. The smallest absolute Gasteiger partial charge is 0.320 e. The lowest BCUT2D eigenvalue weighted by atomic mass is 9.81. The van der Waals surface area contributed by atoms with Crippen LogP contribution in [0.4, 0.5) is 0 Å². The molecule has 3 nitrogen and oxygen atoms in total. The third kappa shape index (κ3) is 3.29. The summed E-state index contributed by atoms with van der Waals surface area (Å²) in [6, 6.07) is -0.296. The van der Waals surface area contributed by atoms with Gasteiger partial charge >= 0.3 is 5.97 Å². The summed E-state index contributed by atoms with van der Waals surface area (Å²) in [6.07, 6.45) is 7.16. The van der Waals surface area contributed by atoms with E-state index in [-0.39, 0.29) is 6.04 Å². The molecule has 14 heavy (non-hydrogen) atoms. The molecule has 1 aliphatic carbocycles. The van der Waals surface area contributed by atoms with Crippen molar-refractivity contribution in [1.82, 2.24) is 4.90 Å². The highest BCUT2D eigenvalue weighted by Crippen LogP contribution is 2.31. The summed E-state index contributed by atoms with van der Waals surface area (Å²) >= 11 is 0. The first-order valence-corrected chi connectivity index (χ1v) is 5.50. The first kappa shape index (κ1) is 11.5. The van der Waals surface area contributed by atoms with E-state index in [1.54, 1.807) is 4.90 Å². The van der Waals surface area contributed by atoms with Crippen LogP contribution >= 0.6 is 0 Å². The minimum Gasteiger partial charge on any atom is -0.480 e. The zero-order chi connectivity index (χ0) is 10.6. The number of hydrogen-bond acceptors (Lipinski definition) is 2. The maximum Gasteiger partial charge on any atom is 0.320 e. The van der Waals surface area contributed by atoms with Crippen molar-refractivity contribution in [3.8, 4) is 0 Å². The Morgan fingerprint density at radius 3 is 2.50 bits per heavy atom. The molecule has 3 heteroatoms. The maximum atomic E-state index is 10.9. The molecule has 1 rings (SSSR count). The van der Waals surface area contributed by atoms with E-state index in [0.29, 0.717) is 0 Å². The number of hydrogen-bond donors (Lipinski definition) is 1. The summed E-state index contributed by atoms with van der Waals surface area (Å²) in [4.78, 5) is 12.7. The molecule has 1 N–H and O–H groups in total. The fourth-order valence-corrected chi connectivity index (χ4v) is 1.98. The molecule has 0 aromatic heterocycles. The minimum atomic E-state index is -0.691. The van der Waals surface area contributed by atoms with Crippen LogP contribution in [0.2, 0.25) is 0 Å². The van der Waals surface area contributed by atoms with Gasteiger partial charge in [0.15, 0.2) is 0 Å². The zero-order valence-electron chi connectivity index (χ0n) is 9.20. The summed E-state index contributed by atoms with van der Waals surface area (Å²) in [5, 5.41) is 8.94. The number of aliphatic carboxylic acids is 1. The summed E-state index contributed by atoms with van der Waals surface area (Å²) in [5.41, 5.74) is 0. The average molecular weight is 199 g/mol. The monoisotopic (exact) mass is 199 g/mol. The van der Waals surface area contributed by atoms with Crippen molar-refractivity contribution in [3.63, 3.8) is 0 Å². The highest BCUT2D eigenvalue weighted by atomic mass is 16.4. The Balaban J connectivity index is 2.15. The molecule has 0 unspecified atom stereocenters. The fourth-order valence-electron chi connectivity index (χ4n) is 1.98. The standard InChI is InChI=1S/C11H21NO2/c1-12(2)10(11(13)14)8-4-7-9-5-3-6-9/h9-10H,3-8H2,1-2H3,(H,13,14)/t10-/m1/s1. The predicted molar refractivity (Wildman–Crippen MR) is 56.3 cm³/mol. The molecule has 0 heterocycles. The van der Waals surface area contributed by atoms with Crippen molar-refractivity contribution in [2.75, 3.05) is 14.1 Å². The Morgan fingerprint density at radius 2 is 2.14 bits per heavy atom. The van der Waals surface area contributed by atoms with Crippen molar-refractivity contribution in [3.05, 3.63) is 0 Å². The van der Waals surface area contributed by atoms with Crippen LogP contribution in [-0.4, -0.2) is 36.1 Å². The Morgan fingerprint density at radius 1 is 1.50 bits per heavy atom. The normalized spacial score (nSPS) is 19.4. The van der Waals surface area contributed by atoms with Crippen molar-refractivity contribution in [1.29, 1.82) is 0 Å². The first-order chi connectivity index (χ1) is 6.61. The molecule has 0 amide bonds. The molecule has 0 spiro atoms. The average Bonchev–Trinajstić information content (AvgIpc) is 1.99. The molecule has 1 atom stereocenters. The number of nitrogens with zero attached hydrogens (tertiary/aromatic N) is 1. The second-order valence-electron chi connectivity index (χ2n) is 4.55. The van der Waals surface area contributed by atoms with Gasteiger partial charge in [0.05, 0.1) is 0 Å². The number of carboxylic acid groups (broad SMARTS) is 1. The highest BCUT2D eigenvalue weighted by Gasteiger charge is 2.21. The molecule has 82 valence electrons. The van der Waals surface area contributed by atoms with E-state index in [1.165, 1.54) is 25.7 Å². The molecule has 0 aliphatic heterocycles. The maximum absolute atomic E-state index is 10.9. The van der Waals surface area contributed by atoms with Gasteiger partial charge in [0.2, 0.25) is 0 Å². The Labute approximate surface area is 86.1 Å². The molecule has 0 aromatic carbocycles. The van der Waals surface area contributed by atoms with Crippen molar-refractivity contribution < 1.29 is 9.90 Å². The van der Waals surface area contributed by atoms with Crippen LogP contribution in [0.15, 0.2) is 0 Å². The van der Waals surface area contributed by atoms with Crippen LogP contribution < -0.4 is 0 Å². The van der Waals surface area contributed by atoms with Crippen LogP contribution in [-0.2, 0) is 4.79 Å². The highest BCUT2D eigenvalue weighted by molar-refractivity contribution is 5.73. The number of likely N-dealkylation sites (N-methyl/N-ethyl adjacent to an activating group) is 1. The van der Waals surface area contributed by atoms with Crippen LogP contribution in [0.5, 0.6) is 0 Å². The van der Waals surface area contributed by atoms with Crippen LogP contribution in [0.1, 0.15) is 38.5 Å². The van der Waals surface area contributed by atoms with Gasteiger partial charge in [-0.25, -0.2) is 0 Å². The summed E-state index contributed by atoms with van der Waals surface area (Å²) in [5.74, 6) is 0.204. The minimum absolute atomic E-state index is 0.296. The largest absolute Gasteiger partial charge is 0.480 e. The first-order valence-electron chi connectivity index (χ1n) is 5.50. The molecular weight excluding hydrogens is 178 g/mol. The van der Waals surface area contributed by atoms with Gasteiger partial charge in [0, 0.05) is 0 Å². The van der Waals surface area contributed by atoms with Crippen molar-refractivity contribution in [2.45, 2.75) is 44.6 Å². The molecule has 0 saturated heterocycles. The van der Waals surface area contributed by atoms with Gasteiger partial charge in [-0.1, -0.05) is 32.1 Å². The fraction of sp³-hybridized carbons (Fsp3) is 0.909. The predicted octanol–water partition coefficient (Wildman–Crippen LogP) is 1.97. The van der Waals surface area contributed by atoms with E-state index in [4.69, 9.17) is 5.11 Å². The summed E-state index contributed by atoms with van der Waals surface area (Å²) in [7, 11) is 3.67. The van der Waals surface area contributed by atoms with Gasteiger partial charge in [0.25, 0.3) is 0 Å². The van der Waals surface area contributed by atoms with Gasteiger partial charge < -0.3 is 5.11 Å². The van der Waals surface area contributed by atoms with E-state index in [0.717, 1.165) is 18.8 Å². The third-order valence-electron chi connectivity index (χ3n) is 3.22. The number of carbonyl (C=O) groups is 1. The molecule has 0 aromatic rings. The number of carboxylic acids is 1. The summed E-state index contributed by atoms with van der Waals surface area (Å²) in [6.45, 7) is 0. The van der Waals surface area contributed by atoms with Gasteiger partial charge in [-0.05, 0) is 26.4 Å². The second-order valence-corrected chi connectivity index (χ2v) is 4.55. The number of rotatable bonds is 6. The van der Waals surface area contributed by atoms with Crippen molar-refractivity contribution >= 4 is 5.97 Å². The van der Waals surface area contributed by atoms with Crippen LogP contribution in [0, 0.1) is 5.92 Å².